The highest BCUT2D eigenvalue weighted by Crippen LogP contribution is 2.24. The van der Waals surface area contributed by atoms with Crippen LogP contribution in [0.15, 0.2) is 48.5 Å². The zero-order chi connectivity index (χ0) is 21.0. The number of hydrogen-bond acceptors (Lipinski definition) is 5. The summed E-state index contributed by atoms with van der Waals surface area (Å²) in [5.74, 6) is -1.54. The Balaban J connectivity index is 1.63. The fourth-order valence-electron chi connectivity index (χ4n) is 3.15. The number of amides is 3. The van der Waals surface area contributed by atoms with Crippen LogP contribution in [0.25, 0.3) is 0 Å². The Morgan fingerprint density at radius 2 is 1.72 bits per heavy atom. The number of imide groups is 1. The van der Waals surface area contributed by atoms with Crippen molar-refractivity contribution in [1.29, 1.82) is 0 Å². The van der Waals surface area contributed by atoms with Crippen molar-refractivity contribution in [3.63, 3.8) is 0 Å². The first-order valence-corrected chi connectivity index (χ1v) is 9.38. The zero-order valence-electron chi connectivity index (χ0n) is 16.3. The van der Waals surface area contributed by atoms with E-state index in [1.54, 1.807) is 18.2 Å². The molecular formula is C22H22N2O5. The van der Waals surface area contributed by atoms with E-state index in [9.17, 15) is 19.2 Å². The van der Waals surface area contributed by atoms with Crippen molar-refractivity contribution in [2.75, 3.05) is 16.8 Å². The molecule has 0 spiro atoms. The molecule has 0 unspecified atom stereocenters. The molecule has 0 aromatic heterocycles. The predicted molar refractivity (Wildman–Crippen MR) is 108 cm³/mol. The molecule has 2 aromatic rings. The quantitative estimate of drug-likeness (QED) is 0.600. The highest BCUT2D eigenvalue weighted by Gasteiger charge is 2.30. The summed E-state index contributed by atoms with van der Waals surface area (Å²) in [7, 11) is 0. The highest BCUT2D eigenvalue weighted by atomic mass is 16.5. The van der Waals surface area contributed by atoms with Gasteiger partial charge in [-0.1, -0.05) is 38.1 Å². The summed E-state index contributed by atoms with van der Waals surface area (Å²) in [4.78, 5) is 49.3. The second kappa shape index (κ2) is 8.68. The number of esters is 1. The van der Waals surface area contributed by atoms with Crippen molar-refractivity contribution in [1.82, 2.24) is 0 Å². The maximum absolute atomic E-state index is 12.3. The van der Waals surface area contributed by atoms with Crippen molar-refractivity contribution < 1.29 is 23.9 Å². The van der Waals surface area contributed by atoms with Crippen molar-refractivity contribution in [3.8, 4) is 0 Å². The van der Waals surface area contributed by atoms with Gasteiger partial charge in [0.25, 0.3) is 5.91 Å². The lowest BCUT2D eigenvalue weighted by Crippen LogP contribution is -2.28. The Labute approximate surface area is 168 Å². The number of carbonyl (C=O) groups excluding carboxylic acids is 4. The van der Waals surface area contributed by atoms with E-state index in [0.29, 0.717) is 11.4 Å². The van der Waals surface area contributed by atoms with E-state index in [0.717, 1.165) is 10.5 Å². The van der Waals surface area contributed by atoms with Crippen LogP contribution in [0.1, 0.15) is 48.5 Å². The van der Waals surface area contributed by atoms with Gasteiger partial charge in [-0.2, -0.15) is 0 Å². The van der Waals surface area contributed by atoms with E-state index in [-0.39, 0.29) is 36.1 Å². The molecule has 1 aliphatic rings. The van der Waals surface area contributed by atoms with Gasteiger partial charge in [-0.15, -0.1) is 0 Å². The lowest BCUT2D eigenvalue weighted by molar-refractivity contribution is -0.121. The van der Waals surface area contributed by atoms with Crippen LogP contribution in [-0.4, -0.2) is 30.3 Å². The first kappa shape index (κ1) is 20.3. The van der Waals surface area contributed by atoms with Crippen LogP contribution >= 0.6 is 0 Å². The van der Waals surface area contributed by atoms with Crippen LogP contribution < -0.4 is 10.2 Å². The minimum Gasteiger partial charge on any atom is -0.452 e. The molecule has 0 bridgehead atoms. The minimum absolute atomic E-state index is 0.158. The van der Waals surface area contributed by atoms with Gasteiger partial charge in [-0.25, -0.2) is 4.79 Å². The van der Waals surface area contributed by atoms with Gasteiger partial charge >= 0.3 is 5.97 Å². The van der Waals surface area contributed by atoms with Crippen LogP contribution in [0.4, 0.5) is 11.4 Å². The fraction of sp³-hybridized carbons (Fsp3) is 0.273. The largest absolute Gasteiger partial charge is 0.452 e. The molecule has 7 heteroatoms. The van der Waals surface area contributed by atoms with Gasteiger partial charge in [-0.05, 0) is 35.7 Å². The molecular weight excluding hydrogens is 372 g/mol. The molecule has 0 radical (unpaired) electrons. The van der Waals surface area contributed by atoms with Gasteiger partial charge in [0, 0.05) is 18.5 Å². The van der Waals surface area contributed by atoms with Crippen molar-refractivity contribution in [3.05, 3.63) is 59.7 Å². The van der Waals surface area contributed by atoms with Crippen molar-refractivity contribution in [2.45, 2.75) is 32.6 Å². The van der Waals surface area contributed by atoms with E-state index in [2.05, 4.69) is 5.32 Å². The molecule has 1 fully saturated rings. The van der Waals surface area contributed by atoms with Gasteiger partial charge in [0.15, 0.2) is 6.61 Å². The zero-order valence-corrected chi connectivity index (χ0v) is 16.3. The Kier molecular flexibility index (Phi) is 6.07. The molecule has 0 atom stereocenters. The molecule has 0 saturated carbocycles. The number of nitrogens with zero attached hydrogens (tertiary/aromatic N) is 1. The number of anilines is 2. The third-order valence-corrected chi connectivity index (χ3v) is 4.58. The molecule has 1 aliphatic heterocycles. The summed E-state index contributed by atoms with van der Waals surface area (Å²) >= 11 is 0. The average Bonchev–Trinajstić information content (AvgIpc) is 3.04. The van der Waals surface area contributed by atoms with Crippen LogP contribution in [0.2, 0.25) is 0 Å². The Morgan fingerprint density at radius 1 is 1.03 bits per heavy atom. The van der Waals surface area contributed by atoms with Crippen LogP contribution in [0.3, 0.4) is 0 Å². The first-order valence-electron chi connectivity index (χ1n) is 9.38. The minimum atomic E-state index is -0.710. The summed E-state index contributed by atoms with van der Waals surface area (Å²) in [5, 5.41) is 2.75. The highest BCUT2D eigenvalue weighted by molar-refractivity contribution is 6.20. The maximum atomic E-state index is 12.3. The topological polar surface area (TPSA) is 92.8 Å². The molecule has 7 nitrogen and oxygen atoms in total. The van der Waals surface area contributed by atoms with E-state index in [4.69, 9.17) is 4.74 Å². The van der Waals surface area contributed by atoms with Gasteiger partial charge in [-0.3, -0.25) is 19.3 Å². The number of nitrogens with one attached hydrogen (secondary N) is 1. The van der Waals surface area contributed by atoms with Gasteiger partial charge < -0.3 is 10.1 Å². The maximum Gasteiger partial charge on any atom is 0.338 e. The Bertz CT molecular complexity index is 951. The fourth-order valence-corrected chi connectivity index (χ4v) is 3.15. The number of rotatable bonds is 6. The molecule has 1 N–H and O–H groups in total. The number of benzene rings is 2. The average molecular weight is 394 g/mol. The number of carbonyl (C=O) groups is 4. The van der Waals surface area contributed by atoms with Crippen LogP contribution in [-0.2, 0) is 19.1 Å². The molecule has 1 heterocycles. The summed E-state index contributed by atoms with van der Waals surface area (Å²) < 4.78 is 5.09. The summed E-state index contributed by atoms with van der Waals surface area (Å²) in [6.45, 7) is 3.60. The third-order valence-electron chi connectivity index (χ3n) is 4.58. The van der Waals surface area contributed by atoms with E-state index >= 15 is 0 Å². The molecule has 150 valence electrons. The number of hydrogen-bond donors (Lipinski definition) is 1. The smallest absolute Gasteiger partial charge is 0.338 e. The SMILES string of the molecule is CC(C)c1ccccc1NC(=O)COC(=O)c1cccc(N2C(=O)CCC2=O)c1. The normalized spacial score (nSPS) is 13.7. The molecule has 3 rings (SSSR count). The molecule has 29 heavy (non-hydrogen) atoms. The molecule has 0 aliphatic carbocycles. The van der Waals surface area contributed by atoms with Gasteiger partial charge in [0.2, 0.25) is 11.8 Å². The summed E-state index contributed by atoms with van der Waals surface area (Å²) in [6, 6.07) is 13.5. The van der Waals surface area contributed by atoms with E-state index in [1.807, 2.05) is 32.0 Å². The summed E-state index contributed by atoms with van der Waals surface area (Å²) in [6.07, 6.45) is 0.317. The lowest BCUT2D eigenvalue weighted by Gasteiger charge is -2.15. The van der Waals surface area contributed by atoms with Gasteiger partial charge in [0.1, 0.15) is 0 Å². The monoisotopic (exact) mass is 394 g/mol. The molecule has 2 aromatic carbocycles. The van der Waals surface area contributed by atoms with E-state index in [1.165, 1.54) is 12.1 Å². The van der Waals surface area contributed by atoms with Crippen molar-refractivity contribution in [2.24, 2.45) is 0 Å². The lowest BCUT2D eigenvalue weighted by atomic mass is 10.0. The number of ether oxygens (including phenoxy) is 1. The third kappa shape index (κ3) is 4.68. The molecule has 3 amide bonds. The number of para-hydroxylation sites is 1. The Morgan fingerprint density at radius 3 is 2.41 bits per heavy atom. The van der Waals surface area contributed by atoms with Crippen LogP contribution in [0.5, 0.6) is 0 Å². The van der Waals surface area contributed by atoms with Crippen LogP contribution in [0, 0.1) is 0 Å². The predicted octanol–water partition coefficient (Wildman–Crippen LogP) is 3.26. The second-order valence-electron chi connectivity index (χ2n) is 7.04. The van der Waals surface area contributed by atoms with E-state index < -0.39 is 18.5 Å². The Hall–Kier alpha value is -3.48. The first-order chi connectivity index (χ1) is 13.9. The molecule has 1 saturated heterocycles. The van der Waals surface area contributed by atoms with Gasteiger partial charge in [0.05, 0.1) is 11.3 Å². The summed E-state index contributed by atoms with van der Waals surface area (Å²) in [5.41, 5.74) is 2.14. The standard InChI is InChI=1S/C22H22N2O5/c1-14(2)17-8-3-4-9-18(17)23-19(25)13-29-22(28)15-6-5-7-16(12-15)24-20(26)10-11-21(24)27/h3-9,12,14H,10-11,13H2,1-2H3,(H,23,25). The van der Waals surface area contributed by atoms with Crippen molar-refractivity contribution >= 4 is 35.1 Å². The second-order valence-corrected chi connectivity index (χ2v) is 7.04.